The molecule has 0 aromatic carbocycles. The zero-order chi connectivity index (χ0) is 7.40. The fourth-order valence-corrected chi connectivity index (χ4v) is 0.934. The molecule has 0 bridgehead atoms. The highest BCUT2D eigenvalue weighted by molar-refractivity contribution is 4.83. The predicted octanol–water partition coefficient (Wildman–Crippen LogP) is 0.710. The van der Waals surface area contributed by atoms with Gasteiger partial charge in [-0.1, -0.05) is 0 Å². The molecule has 60 valence electrons. The molecule has 0 heterocycles. The first kappa shape index (κ1) is 7.95. The first-order valence-electron chi connectivity index (χ1n) is 3.74. The van der Waals surface area contributed by atoms with E-state index in [1.54, 1.807) is 0 Å². The van der Waals surface area contributed by atoms with Crippen molar-refractivity contribution in [3.63, 3.8) is 0 Å². The van der Waals surface area contributed by atoms with Crippen molar-refractivity contribution in [3.8, 4) is 0 Å². The van der Waals surface area contributed by atoms with Gasteiger partial charge in [-0.2, -0.15) is 0 Å². The summed E-state index contributed by atoms with van der Waals surface area (Å²) in [6.07, 6.45) is 2.44. The summed E-state index contributed by atoms with van der Waals surface area (Å²) in [7, 11) is 0. The van der Waals surface area contributed by atoms with Crippen LogP contribution in [0.2, 0.25) is 0 Å². The Kier molecular flexibility index (Phi) is 3.09. The van der Waals surface area contributed by atoms with Crippen LogP contribution >= 0.6 is 0 Å². The van der Waals surface area contributed by atoms with Crippen LogP contribution in [-0.2, 0) is 4.74 Å². The molecule has 0 unspecified atom stereocenters. The van der Waals surface area contributed by atoms with Crippen molar-refractivity contribution in [3.05, 3.63) is 0 Å². The van der Waals surface area contributed by atoms with E-state index in [2.05, 4.69) is 0 Å². The molecule has 0 aromatic heterocycles. The molecule has 2 N–H and O–H groups in total. The highest BCUT2D eigenvalue weighted by Gasteiger charge is 2.28. The van der Waals surface area contributed by atoms with Crippen molar-refractivity contribution in [2.24, 2.45) is 11.7 Å². The van der Waals surface area contributed by atoms with Gasteiger partial charge in [-0.15, -0.1) is 0 Å². The molecular weight excluding hydrogens is 133 g/mol. The summed E-state index contributed by atoms with van der Waals surface area (Å²) in [5, 5.41) is 0. The van der Waals surface area contributed by atoms with Crippen LogP contribution < -0.4 is 5.73 Å². The van der Waals surface area contributed by atoms with Crippen LogP contribution in [0.4, 0.5) is 4.39 Å². The van der Waals surface area contributed by atoms with Crippen LogP contribution in [0.15, 0.2) is 0 Å². The highest BCUT2D eigenvalue weighted by atomic mass is 19.1. The summed E-state index contributed by atoms with van der Waals surface area (Å²) in [6, 6.07) is 0.145. The molecule has 10 heavy (non-hydrogen) atoms. The number of nitrogens with two attached hydrogens (primary N) is 1. The molecule has 0 aliphatic heterocycles. The zero-order valence-electron chi connectivity index (χ0n) is 6.05. The van der Waals surface area contributed by atoms with E-state index in [0.717, 1.165) is 0 Å². The van der Waals surface area contributed by atoms with E-state index in [4.69, 9.17) is 10.5 Å². The third-order valence-electron chi connectivity index (χ3n) is 1.76. The first-order valence-corrected chi connectivity index (χ1v) is 3.74. The van der Waals surface area contributed by atoms with Gasteiger partial charge in [0.15, 0.2) is 0 Å². The van der Waals surface area contributed by atoms with E-state index in [9.17, 15) is 4.39 Å². The average molecular weight is 147 g/mol. The summed E-state index contributed by atoms with van der Waals surface area (Å²) in [6.45, 7) is 0.312. The Morgan fingerprint density at radius 2 is 2.30 bits per heavy atom. The van der Waals surface area contributed by atoms with Crippen LogP contribution in [0.1, 0.15) is 12.8 Å². The van der Waals surface area contributed by atoms with Gasteiger partial charge in [0.2, 0.25) is 0 Å². The monoisotopic (exact) mass is 147 g/mol. The molecule has 0 spiro atoms. The number of rotatable bonds is 5. The molecule has 3 heteroatoms. The Labute approximate surface area is 60.5 Å². The second-order valence-electron chi connectivity index (χ2n) is 2.77. The Morgan fingerprint density at radius 1 is 1.60 bits per heavy atom. The quantitative estimate of drug-likeness (QED) is 0.581. The Balaban J connectivity index is 1.90. The maximum Gasteiger partial charge on any atom is 0.113 e. The lowest BCUT2D eigenvalue weighted by Gasteiger charge is -2.08. The van der Waals surface area contributed by atoms with Gasteiger partial charge in [0, 0.05) is 6.04 Å². The number of ether oxygens (including phenoxy) is 1. The summed E-state index contributed by atoms with van der Waals surface area (Å²) in [4.78, 5) is 0. The van der Waals surface area contributed by atoms with Crippen molar-refractivity contribution in [1.29, 1.82) is 0 Å². The molecule has 1 atom stereocenters. The molecule has 0 aromatic rings. The summed E-state index contributed by atoms with van der Waals surface area (Å²) in [5.74, 6) is 0.652. The van der Waals surface area contributed by atoms with E-state index in [1.807, 2.05) is 0 Å². The summed E-state index contributed by atoms with van der Waals surface area (Å²) >= 11 is 0. The van der Waals surface area contributed by atoms with E-state index in [-0.39, 0.29) is 12.6 Å². The Morgan fingerprint density at radius 3 is 2.80 bits per heavy atom. The standard InChI is InChI=1S/C7H14FNO/c8-3-4-10-5-7(9)6-1-2-6/h6-7H,1-5,9H2/t7-/m0/s1. The molecule has 1 fully saturated rings. The van der Waals surface area contributed by atoms with Gasteiger partial charge in [-0.05, 0) is 18.8 Å². The Bertz CT molecular complexity index is 95.6. The van der Waals surface area contributed by atoms with Crippen LogP contribution in [0.5, 0.6) is 0 Å². The smallest absolute Gasteiger partial charge is 0.113 e. The average Bonchev–Trinajstić information content (AvgIpc) is 2.69. The van der Waals surface area contributed by atoms with Crippen molar-refractivity contribution in [2.45, 2.75) is 18.9 Å². The van der Waals surface area contributed by atoms with Crippen LogP contribution in [0, 0.1) is 5.92 Å². The van der Waals surface area contributed by atoms with Gasteiger partial charge in [0.1, 0.15) is 6.67 Å². The molecule has 0 radical (unpaired) electrons. The molecule has 1 rings (SSSR count). The van der Waals surface area contributed by atoms with Gasteiger partial charge < -0.3 is 10.5 Å². The lowest BCUT2D eigenvalue weighted by Crippen LogP contribution is -2.28. The molecule has 1 aliphatic carbocycles. The number of hydrogen-bond donors (Lipinski definition) is 1. The fourth-order valence-electron chi connectivity index (χ4n) is 0.934. The van der Waals surface area contributed by atoms with Crippen LogP contribution in [-0.4, -0.2) is 25.9 Å². The topological polar surface area (TPSA) is 35.2 Å². The van der Waals surface area contributed by atoms with E-state index >= 15 is 0 Å². The van der Waals surface area contributed by atoms with Crippen molar-refractivity contribution in [2.75, 3.05) is 19.9 Å². The largest absolute Gasteiger partial charge is 0.377 e. The molecule has 1 aliphatic rings. The molecule has 0 amide bonds. The third-order valence-corrected chi connectivity index (χ3v) is 1.76. The van der Waals surface area contributed by atoms with Gasteiger partial charge >= 0.3 is 0 Å². The first-order chi connectivity index (χ1) is 4.84. The second-order valence-corrected chi connectivity index (χ2v) is 2.77. The van der Waals surface area contributed by atoms with Gasteiger partial charge in [0.05, 0.1) is 13.2 Å². The number of halogens is 1. The summed E-state index contributed by atoms with van der Waals surface area (Å²) < 4.78 is 16.4. The van der Waals surface area contributed by atoms with Gasteiger partial charge in [0.25, 0.3) is 0 Å². The minimum atomic E-state index is -0.405. The molecule has 0 saturated heterocycles. The van der Waals surface area contributed by atoms with E-state index in [1.165, 1.54) is 12.8 Å². The number of alkyl halides is 1. The van der Waals surface area contributed by atoms with Crippen LogP contribution in [0.3, 0.4) is 0 Å². The van der Waals surface area contributed by atoms with Crippen molar-refractivity contribution >= 4 is 0 Å². The van der Waals surface area contributed by atoms with Crippen molar-refractivity contribution in [1.82, 2.24) is 0 Å². The minimum Gasteiger partial charge on any atom is -0.377 e. The maximum absolute atomic E-state index is 11.5. The van der Waals surface area contributed by atoms with Gasteiger partial charge in [-0.3, -0.25) is 0 Å². The van der Waals surface area contributed by atoms with E-state index in [0.29, 0.717) is 12.5 Å². The SMILES string of the molecule is N[C@@H](COCCF)C1CC1. The molecular formula is C7H14FNO. The second kappa shape index (κ2) is 3.88. The fraction of sp³-hybridized carbons (Fsp3) is 1.00. The zero-order valence-corrected chi connectivity index (χ0v) is 6.05. The predicted molar refractivity (Wildman–Crippen MR) is 37.5 cm³/mol. The maximum atomic E-state index is 11.5. The minimum absolute atomic E-state index is 0.145. The third kappa shape index (κ3) is 2.62. The molecule has 1 saturated carbocycles. The Hall–Kier alpha value is -0.150. The normalized spacial score (nSPS) is 21.0. The van der Waals surface area contributed by atoms with Crippen molar-refractivity contribution < 1.29 is 9.13 Å². The van der Waals surface area contributed by atoms with Gasteiger partial charge in [-0.25, -0.2) is 4.39 Å². The van der Waals surface area contributed by atoms with Crippen LogP contribution in [0.25, 0.3) is 0 Å². The van der Waals surface area contributed by atoms with E-state index < -0.39 is 6.67 Å². The number of hydrogen-bond acceptors (Lipinski definition) is 2. The lowest BCUT2D eigenvalue weighted by molar-refractivity contribution is 0.103. The summed E-state index contributed by atoms with van der Waals surface area (Å²) in [5.41, 5.74) is 5.67. The highest BCUT2D eigenvalue weighted by Crippen LogP contribution is 2.31. The lowest BCUT2D eigenvalue weighted by atomic mass is 10.2. The molecule has 2 nitrogen and oxygen atoms in total.